The second kappa shape index (κ2) is 10.7. The first-order valence-electron chi connectivity index (χ1n) is 11.0. The topological polar surface area (TPSA) is 35.5 Å². The zero-order valence-corrected chi connectivity index (χ0v) is 19.6. The molecule has 0 aliphatic carbocycles. The average Bonchev–Trinajstić information content (AvgIpc) is 2.68. The summed E-state index contributed by atoms with van der Waals surface area (Å²) in [4.78, 5) is 11.7. The molecule has 0 N–H and O–H groups in total. The van der Waals surface area contributed by atoms with Gasteiger partial charge < -0.3 is 9.47 Å². The Labute approximate surface area is 182 Å². The van der Waals surface area contributed by atoms with Crippen molar-refractivity contribution < 1.29 is 14.3 Å². The molecule has 2 rings (SSSR count). The number of benzene rings is 2. The first-order valence-corrected chi connectivity index (χ1v) is 11.0. The summed E-state index contributed by atoms with van der Waals surface area (Å²) in [6, 6.07) is 17.4. The molecule has 164 valence electrons. The minimum absolute atomic E-state index is 0.168. The van der Waals surface area contributed by atoms with Gasteiger partial charge in [0.1, 0.15) is 0 Å². The van der Waals surface area contributed by atoms with E-state index in [4.69, 9.17) is 9.47 Å². The van der Waals surface area contributed by atoms with Crippen molar-refractivity contribution in [1.82, 2.24) is 0 Å². The van der Waals surface area contributed by atoms with Crippen LogP contribution < -0.4 is 0 Å². The second-order valence-corrected chi connectivity index (χ2v) is 10.0. The SMILES string of the molecule is CC(C)(C)c1ccc(CCCOC(=O)OCCCc2ccc(C(C)(C)C)cc2)cc1. The highest BCUT2D eigenvalue weighted by Gasteiger charge is 2.13. The number of rotatable bonds is 8. The van der Waals surface area contributed by atoms with Crippen LogP contribution in [0.5, 0.6) is 0 Å². The van der Waals surface area contributed by atoms with E-state index in [1.54, 1.807) is 0 Å². The molecular formula is C27H38O3. The molecule has 0 radical (unpaired) electrons. The Morgan fingerprint density at radius 1 is 0.633 bits per heavy atom. The quantitative estimate of drug-likeness (QED) is 0.347. The Morgan fingerprint density at radius 2 is 0.967 bits per heavy atom. The van der Waals surface area contributed by atoms with E-state index in [0.29, 0.717) is 13.2 Å². The van der Waals surface area contributed by atoms with E-state index in [1.807, 2.05) is 0 Å². The van der Waals surface area contributed by atoms with Gasteiger partial charge in [-0.05, 0) is 58.8 Å². The summed E-state index contributed by atoms with van der Waals surface area (Å²) in [5.74, 6) is 0. The van der Waals surface area contributed by atoms with Gasteiger partial charge in [-0.1, -0.05) is 90.1 Å². The number of carbonyl (C=O) groups excluding carboxylic acids is 1. The van der Waals surface area contributed by atoms with Crippen LogP contribution in [0.4, 0.5) is 4.79 Å². The van der Waals surface area contributed by atoms with Crippen molar-refractivity contribution >= 4 is 6.16 Å². The van der Waals surface area contributed by atoms with Crippen molar-refractivity contribution in [2.75, 3.05) is 13.2 Å². The van der Waals surface area contributed by atoms with E-state index in [-0.39, 0.29) is 10.8 Å². The van der Waals surface area contributed by atoms with E-state index in [2.05, 4.69) is 90.1 Å². The van der Waals surface area contributed by atoms with E-state index >= 15 is 0 Å². The fourth-order valence-electron chi connectivity index (χ4n) is 3.25. The molecule has 0 aliphatic heterocycles. The summed E-state index contributed by atoms with van der Waals surface area (Å²) >= 11 is 0. The highest BCUT2D eigenvalue weighted by molar-refractivity contribution is 5.59. The Balaban J connectivity index is 1.58. The Morgan fingerprint density at radius 3 is 1.27 bits per heavy atom. The van der Waals surface area contributed by atoms with Gasteiger partial charge in [-0.25, -0.2) is 4.79 Å². The smallest absolute Gasteiger partial charge is 0.434 e. The highest BCUT2D eigenvalue weighted by Crippen LogP contribution is 2.23. The molecule has 0 heterocycles. The summed E-state index contributed by atoms with van der Waals surface area (Å²) in [6.07, 6.45) is 2.81. The Bertz CT molecular complexity index is 707. The third-order valence-corrected chi connectivity index (χ3v) is 5.30. The highest BCUT2D eigenvalue weighted by atomic mass is 16.7. The van der Waals surface area contributed by atoms with Gasteiger partial charge in [-0.2, -0.15) is 0 Å². The molecule has 0 aliphatic rings. The van der Waals surface area contributed by atoms with Gasteiger partial charge in [-0.15, -0.1) is 0 Å². The van der Waals surface area contributed by atoms with Crippen LogP contribution in [0.15, 0.2) is 48.5 Å². The zero-order valence-electron chi connectivity index (χ0n) is 19.6. The van der Waals surface area contributed by atoms with Crippen molar-refractivity contribution in [2.45, 2.75) is 78.1 Å². The minimum atomic E-state index is -0.568. The van der Waals surface area contributed by atoms with Gasteiger partial charge in [0.05, 0.1) is 13.2 Å². The van der Waals surface area contributed by atoms with Crippen LogP contribution >= 0.6 is 0 Å². The number of carbonyl (C=O) groups is 1. The summed E-state index contributed by atoms with van der Waals surface area (Å²) in [6.45, 7) is 14.0. The van der Waals surface area contributed by atoms with Crippen LogP contribution in [-0.2, 0) is 33.1 Å². The molecule has 0 fully saturated rings. The summed E-state index contributed by atoms with van der Waals surface area (Å²) in [5, 5.41) is 0. The van der Waals surface area contributed by atoms with E-state index < -0.39 is 6.16 Å². The van der Waals surface area contributed by atoms with Crippen molar-refractivity contribution in [1.29, 1.82) is 0 Å². The number of hydrogen-bond acceptors (Lipinski definition) is 3. The van der Waals surface area contributed by atoms with Crippen LogP contribution in [0.25, 0.3) is 0 Å². The van der Waals surface area contributed by atoms with E-state index in [0.717, 1.165) is 25.7 Å². The standard InChI is InChI=1S/C27H38O3/c1-26(2,3)23-15-11-21(12-16-23)9-7-19-29-25(28)30-20-8-10-22-13-17-24(18-14-22)27(4,5)6/h11-18H,7-10,19-20H2,1-6H3. The number of hydrogen-bond donors (Lipinski definition) is 0. The lowest BCUT2D eigenvalue weighted by atomic mass is 9.86. The fourth-order valence-corrected chi connectivity index (χ4v) is 3.25. The lowest BCUT2D eigenvalue weighted by molar-refractivity contribution is 0.0539. The molecule has 0 atom stereocenters. The van der Waals surface area contributed by atoms with Gasteiger partial charge >= 0.3 is 6.16 Å². The van der Waals surface area contributed by atoms with Gasteiger partial charge in [0, 0.05) is 0 Å². The molecule has 0 spiro atoms. The molecule has 3 nitrogen and oxygen atoms in total. The molecular weight excluding hydrogens is 372 g/mol. The van der Waals surface area contributed by atoms with Gasteiger partial charge in [0.15, 0.2) is 0 Å². The molecule has 0 aromatic heterocycles. The molecule has 0 saturated carbocycles. The summed E-state index contributed by atoms with van der Waals surface area (Å²) in [5.41, 5.74) is 5.52. The van der Waals surface area contributed by atoms with Gasteiger partial charge in [0.2, 0.25) is 0 Å². The maximum atomic E-state index is 11.7. The van der Waals surface area contributed by atoms with Crippen LogP contribution in [0.3, 0.4) is 0 Å². The molecule has 0 saturated heterocycles. The fraction of sp³-hybridized carbons (Fsp3) is 0.519. The first-order chi connectivity index (χ1) is 14.1. The summed E-state index contributed by atoms with van der Waals surface area (Å²) in [7, 11) is 0. The third-order valence-electron chi connectivity index (χ3n) is 5.30. The maximum Gasteiger partial charge on any atom is 0.508 e. The second-order valence-electron chi connectivity index (χ2n) is 10.0. The molecule has 30 heavy (non-hydrogen) atoms. The predicted octanol–water partition coefficient (Wildman–Crippen LogP) is 7.00. The largest absolute Gasteiger partial charge is 0.508 e. The normalized spacial score (nSPS) is 11.9. The molecule has 2 aromatic carbocycles. The van der Waals surface area contributed by atoms with Crippen molar-refractivity contribution in [3.8, 4) is 0 Å². The maximum absolute atomic E-state index is 11.7. The molecule has 0 bridgehead atoms. The Kier molecular flexibility index (Phi) is 8.52. The van der Waals surface area contributed by atoms with E-state index in [1.165, 1.54) is 22.3 Å². The molecule has 0 unspecified atom stereocenters. The minimum Gasteiger partial charge on any atom is -0.434 e. The number of ether oxygens (including phenoxy) is 2. The van der Waals surface area contributed by atoms with Crippen LogP contribution in [0.1, 0.15) is 76.6 Å². The lowest BCUT2D eigenvalue weighted by Gasteiger charge is -2.19. The predicted molar refractivity (Wildman–Crippen MR) is 124 cm³/mol. The zero-order chi connectivity index (χ0) is 22.2. The van der Waals surface area contributed by atoms with Crippen LogP contribution in [0, 0.1) is 0 Å². The van der Waals surface area contributed by atoms with Crippen molar-refractivity contribution in [3.63, 3.8) is 0 Å². The van der Waals surface area contributed by atoms with Crippen LogP contribution in [-0.4, -0.2) is 19.4 Å². The molecule has 0 amide bonds. The molecule has 3 heteroatoms. The van der Waals surface area contributed by atoms with Crippen molar-refractivity contribution in [3.05, 3.63) is 70.8 Å². The van der Waals surface area contributed by atoms with Crippen molar-refractivity contribution in [2.24, 2.45) is 0 Å². The van der Waals surface area contributed by atoms with E-state index in [9.17, 15) is 4.79 Å². The van der Waals surface area contributed by atoms with Crippen LogP contribution in [0.2, 0.25) is 0 Å². The Hall–Kier alpha value is -2.29. The van der Waals surface area contributed by atoms with Gasteiger partial charge in [0.25, 0.3) is 0 Å². The van der Waals surface area contributed by atoms with Gasteiger partial charge in [-0.3, -0.25) is 0 Å². The monoisotopic (exact) mass is 410 g/mol. The molecule has 2 aromatic rings. The lowest BCUT2D eigenvalue weighted by Crippen LogP contribution is -2.11. The first kappa shape index (κ1) is 24.0. The average molecular weight is 411 g/mol. The third kappa shape index (κ3) is 8.22. The number of aryl methyl sites for hydroxylation is 2. The summed E-state index contributed by atoms with van der Waals surface area (Å²) < 4.78 is 10.4.